The van der Waals surface area contributed by atoms with Crippen molar-refractivity contribution in [3.8, 4) is 0 Å². The fourth-order valence-corrected chi connectivity index (χ4v) is 1.48. The van der Waals surface area contributed by atoms with Crippen molar-refractivity contribution in [2.45, 2.75) is 40.2 Å². The fourth-order valence-electron chi connectivity index (χ4n) is 1.48. The second-order valence-corrected chi connectivity index (χ2v) is 5.51. The van der Waals surface area contributed by atoms with Gasteiger partial charge >= 0.3 is 6.03 Å². The fraction of sp³-hybridized carbons (Fsp3) is 0.769. The standard InChI is InChI=1S/C13H26N4O3/c1-6-14-10(18)8-17(7-2)9-11(19)15-12(20)16-13(3,4)5/h6-9H2,1-5H3,(H,14,18)(H2,15,16,19,20). The first-order chi connectivity index (χ1) is 9.17. The molecule has 4 amide bonds. The minimum Gasteiger partial charge on any atom is -0.355 e. The number of urea groups is 1. The molecule has 0 spiro atoms. The summed E-state index contributed by atoms with van der Waals surface area (Å²) in [5.41, 5.74) is -0.407. The lowest BCUT2D eigenvalue weighted by atomic mass is 10.1. The number of carbonyl (C=O) groups is 3. The summed E-state index contributed by atoms with van der Waals surface area (Å²) in [5, 5.41) is 7.54. The van der Waals surface area contributed by atoms with Gasteiger partial charge in [0.25, 0.3) is 0 Å². The van der Waals surface area contributed by atoms with Crippen molar-refractivity contribution >= 4 is 17.8 Å². The summed E-state index contributed by atoms with van der Waals surface area (Å²) in [5.74, 6) is -0.570. The molecule has 20 heavy (non-hydrogen) atoms. The van der Waals surface area contributed by atoms with Crippen molar-refractivity contribution in [2.75, 3.05) is 26.2 Å². The average Bonchev–Trinajstić information content (AvgIpc) is 2.25. The van der Waals surface area contributed by atoms with E-state index in [0.717, 1.165) is 0 Å². The Hall–Kier alpha value is -1.63. The number of hydrogen-bond acceptors (Lipinski definition) is 4. The van der Waals surface area contributed by atoms with Crippen LogP contribution in [0.4, 0.5) is 4.79 Å². The van der Waals surface area contributed by atoms with E-state index in [2.05, 4.69) is 16.0 Å². The summed E-state index contributed by atoms with van der Waals surface area (Å²) < 4.78 is 0. The van der Waals surface area contributed by atoms with E-state index in [1.54, 1.807) is 4.90 Å². The summed E-state index contributed by atoms with van der Waals surface area (Å²) in [6.07, 6.45) is 0. The van der Waals surface area contributed by atoms with E-state index in [-0.39, 0.29) is 19.0 Å². The van der Waals surface area contributed by atoms with E-state index >= 15 is 0 Å². The highest BCUT2D eigenvalue weighted by Crippen LogP contribution is 1.97. The monoisotopic (exact) mass is 286 g/mol. The van der Waals surface area contributed by atoms with E-state index in [9.17, 15) is 14.4 Å². The number of amides is 4. The first-order valence-corrected chi connectivity index (χ1v) is 6.79. The Morgan fingerprint density at radius 2 is 1.55 bits per heavy atom. The molecule has 0 aromatic rings. The summed E-state index contributed by atoms with van der Waals surface area (Å²) in [4.78, 5) is 36.3. The highest BCUT2D eigenvalue weighted by Gasteiger charge is 2.17. The third-order valence-corrected chi connectivity index (χ3v) is 2.30. The molecule has 0 atom stereocenters. The number of hydrogen-bond donors (Lipinski definition) is 3. The Morgan fingerprint density at radius 1 is 1.00 bits per heavy atom. The molecule has 0 rings (SSSR count). The van der Waals surface area contributed by atoms with Crippen molar-refractivity contribution in [1.29, 1.82) is 0 Å². The molecule has 7 heteroatoms. The molecule has 0 aliphatic carbocycles. The number of carbonyl (C=O) groups excluding carboxylic acids is 3. The lowest BCUT2D eigenvalue weighted by molar-refractivity contribution is -0.124. The molecule has 3 N–H and O–H groups in total. The minimum atomic E-state index is -0.531. The van der Waals surface area contributed by atoms with Crippen LogP contribution in [0.1, 0.15) is 34.6 Å². The average molecular weight is 286 g/mol. The van der Waals surface area contributed by atoms with E-state index in [1.807, 2.05) is 34.6 Å². The van der Waals surface area contributed by atoms with Crippen LogP contribution in [0, 0.1) is 0 Å². The second-order valence-electron chi connectivity index (χ2n) is 5.51. The molecule has 0 radical (unpaired) electrons. The molecule has 0 aromatic carbocycles. The Bertz CT molecular complexity index is 350. The maximum Gasteiger partial charge on any atom is 0.321 e. The van der Waals surface area contributed by atoms with E-state index in [4.69, 9.17) is 0 Å². The van der Waals surface area contributed by atoms with Crippen LogP contribution in [0.15, 0.2) is 0 Å². The molecule has 0 heterocycles. The smallest absolute Gasteiger partial charge is 0.321 e. The molecule has 0 aromatic heterocycles. The maximum atomic E-state index is 11.7. The van der Waals surface area contributed by atoms with Crippen LogP contribution >= 0.6 is 0 Å². The summed E-state index contributed by atoms with van der Waals surface area (Å²) in [6.45, 7) is 10.4. The first-order valence-electron chi connectivity index (χ1n) is 6.79. The molecule has 116 valence electrons. The Morgan fingerprint density at radius 3 is 2.00 bits per heavy atom. The van der Waals surface area contributed by atoms with Gasteiger partial charge in [-0.05, 0) is 34.2 Å². The van der Waals surface area contributed by atoms with Gasteiger partial charge in [-0.1, -0.05) is 6.92 Å². The van der Waals surface area contributed by atoms with Gasteiger partial charge in [-0.2, -0.15) is 0 Å². The molecule has 0 aliphatic heterocycles. The van der Waals surface area contributed by atoms with Gasteiger partial charge in [0.2, 0.25) is 11.8 Å². The Labute approximate surface area is 120 Å². The largest absolute Gasteiger partial charge is 0.355 e. The molecule has 0 aliphatic rings. The van der Waals surface area contributed by atoms with Crippen LogP contribution in [0.25, 0.3) is 0 Å². The molecule has 0 bridgehead atoms. The van der Waals surface area contributed by atoms with Gasteiger partial charge in [-0.3, -0.25) is 19.8 Å². The molecule has 0 saturated carbocycles. The van der Waals surface area contributed by atoms with Gasteiger partial charge in [0.15, 0.2) is 0 Å². The summed E-state index contributed by atoms with van der Waals surface area (Å²) in [7, 11) is 0. The van der Waals surface area contributed by atoms with Crippen molar-refractivity contribution in [1.82, 2.24) is 20.9 Å². The van der Waals surface area contributed by atoms with E-state index in [0.29, 0.717) is 13.1 Å². The third kappa shape index (κ3) is 9.32. The van der Waals surface area contributed by atoms with Crippen LogP contribution in [0.2, 0.25) is 0 Å². The molecule has 0 fully saturated rings. The van der Waals surface area contributed by atoms with Gasteiger partial charge in [0, 0.05) is 12.1 Å². The highest BCUT2D eigenvalue weighted by molar-refractivity contribution is 5.95. The topological polar surface area (TPSA) is 90.5 Å². The number of rotatable bonds is 6. The lowest BCUT2D eigenvalue weighted by Crippen LogP contribution is -2.51. The predicted molar refractivity (Wildman–Crippen MR) is 77.2 cm³/mol. The second kappa shape index (κ2) is 8.52. The zero-order valence-corrected chi connectivity index (χ0v) is 13.0. The Kier molecular flexibility index (Phi) is 7.83. The molecule has 7 nitrogen and oxygen atoms in total. The molecular formula is C13H26N4O3. The molecule has 0 unspecified atom stereocenters. The normalized spacial score (nSPS) is 11.1. The number of imide groups is 1. The highest BCUT2D eigenvalue weighted by atomic mass is 16.2. The third-order valence-electron chi connectivity index (χ3n) is 2.30. The minimum absolute atomic E-state index is 0.00516. The predicted octanol–water partition coefficient (Wildman–Crippen LogP) is 0.0687. The van der Waals surface area contributed by atoms with Crippen LogP contribution < -0.4 is 16.0 Å². The molecule has 0 saturated heterocycles. The van der Waals surface area contributed by atoms with Gasteiger partial charge in [0.05, 0.1) is 13.1 Å². The quantitative estimate of drug-likeness (QED) is 0.644. The summed E-state index contributed by atoms with van der Waals surface area (Å²) >= 11 is 0. The number of nitrogens with one attached hydrogen (secondary N) is 3. The molecular weight excluding hydrogens is 260 g/mol. The van der Waals surface area contributed by atoms with Gasteiger partial charge < -0.3 is 10.6 Å². The van der Waals surface area contributed by atoms with Crippen LogP contribution in [0.3, 0.4) is 0 Å². The Balaban J connectivity index is 4.22. The summed E-state index contributed by atoms with van der Waals surface area (Å²) in [6, 6.07) is -0.531. The van der Waals surface area contributed by atoms with Gasteiger partial charge in [-0.25, -0.2) is 4.79 Å². The van der Waals surface area contributed by atoms with Gasteiger partial charge in [0.1, 0.15) is 0 Å². The van der Waals surface area contributed by atoms with Crippen molar-refractivity contribution < 1.29 is 14.4 Å². The van der Waals surface area contributed by atoms with Crippen LogP contribution in [0.5, 0.6) is 0 Å². The van der Waals surface area contributed by atoms with Gasteiger partial charge in [-0.15, -0.1) is 0 Å². The van der Waals surface area contributed by atoms with E-state index in [1.165, 1.54) is 0 Å². The number of nitrogens with zero attached hydrogens (tertiary/aromatic N) is 1. The van der Waals surface area contributed by atoms with Crippen molar-refractivity contribution in [3.63, 3.8) is 0 Å². The first kappa shape index (κ1) is 18.4. The van der Waals surface area contributed by atoms with Crippen LogP contribution in [-0.2, 0) is 9.59 Å². The number of likely N-dealkylation sites (N-methyl/N-ethyl adjacent to an activating group) is 2. The van der Waals surface area contributed by atoms with Crippen molar-refractivity contribution in [3.05, 3.63) is 0 Å². The zero-order valence-electron chi connectivity index (χ0n) is 13.0. The lowest BCUT2D eigenvalue weighted by Gasteiger charge is -2.22. The van der Waals surface area contributed by atoms with Crippen molar-refractivity contribution in [2.24, 2.45) is 0 Å². The zero-order chi connectivity index (χ0) is 15.8. The van der Waals surface area contributed by atoms with Crippen LogP contribution in [-0.4, -0.2) is 54.5 Å². The SMILES string of the molecule is CCNC(=O)CN(CC)CC(=O)NC(=O)NC(C)(C)C. The van der Waals surface area contributed by atoms with E-state index < -0.39 is 17.5 Å². The maximum absolute atomic E-state index is 11.7.